The highest BCUT2D eigenvalue weighted by molar-refractivity contribution is 8.00. The van der Waals surface area contributed by atoms with E-state index in [2.05, 4.69) is 19.2 Å². The molecular weight excluding hydrogens is 212 g/mol. The zero-order chi connectivity index (χ0) is 11.3. The Balaban J connectivity index is 2.15. The van der Waals surface area contributed by atoms with Crippen molar-refractivity contribution in [1.29, 1.82) is 0 Å². The van der Waals surface area contributed by atoms with Gasteiger partial charge in [-0.3, -0.25) is 9.59 Å². The first-order chi connectivity index (χ1) is 7.09. The molecule has 2 amide bonds. The van der Waals surface area contributed by atoms with Crippen LogP contribution in [-0.4, -0.2) is 41.4 Å². The van der Waals surface area contributed by atoms with E-state index >= 15 is 0 Å². The predicted molar refractivity (Wildman–Crippen MR) is 61.5 cm³/mol. The first kappa shape index (κ1) is 12.4. The van der Waals surface area contributed by atoms with Gasteiger partial charge in [-0.2, -0.15) is 0 Å². The minimum atomic E-state index is -0.0495. The number of nitrogens with zero attached hydrogens (tertiary/aromatic N) is 1. The molecule has 0 atom stereocenters. The summed E-state index contributed by atoms with van der Waals surface area (Å²) in [6.07, 6.45) is 0.981. The Morgan fingerprint density at radius 2 is 2.33 bits per heavy atom. The Morgan fingerprint density at radius 3 is 2.87 bits per heavy atom. The summed E-state index contributed by atoms with van der Waals surface area (Å²) >= 11 is 1.56. The summed E-state index contributed by atoms with van der Waals surface area (Å²) in [7, 11) is 0. The van der Waals surface area contributed by atoms with Crippen LogP contribution in [0, 0.1) is 5.92 Å². The van der Waals surface area contributed by atoms with Gasteiger partial charge < -0.3 is 10.2 Å². The lowest BCUT2D eigenvalue weighted by molar-refractivity contribution is -0.132. The van der Waals surface area contributed by atoms with Gasteiger partial charge in [0.1, 0.15) is 6.54 Å². The molecule has 1 heterocycles. The lowest BCUT2D eigenvalue weighted by Gasteiger charge is -2.14. The molecular formula is C10H18N2O2S. The van der Waals surface area contributed by atoms with Crippen LogP contribution in [0.15, 0.2) is 0 Å². The summed E-state index contributed by atoms with van der Waals surface area (Å²) < 4.78 is 0. The van der Waals surface area contributed by atoms with Crippen LogP contribution in [0.25, 0.3) is 0 Å². The number of amides is 2. The molecule has 0 unspecified atom stereocenters. The molecule has 1 aliphatic heterocycles. The molecule has 0 aromatic carbocycles. The van der Waals surface area contributed by atoms with E-state index in [4.69, 9.17) is 0 Å². The van der Waals surface area contributed by atoms with Crippen LogP contribution in [-0.2, 0) is 9.59 Å². The quantitative estimate of drug-likeness (QED) is 0.755. The molecule has 1 rings (SSSR count). The number of nitrogens with one attached hydrogen (secondary N) is 1. The number of thioether (sulfide) groups is 1. The molecule has 0 bridgehead atoms. The molecule has 15 heavy (non-hydrogen) atoms. The average Bonchev–Trinajstić information content (AvgIpc) is 2.51. The Hall–Kier alpha value is -0.710. The maximum atomic E-state index is 11.4. The number of carbonyl (C=O) groups excluding carboxylic acids is 2. The van der Waals surface area contributed by atoms with Crippen molar-refractivity contribution in [2.24, 2.45) is 5.92 Å². The topological polar surface area (TPSA) is 49.4 Å². The summed E-state index contributed by atoms with van der Waals surface area (Å²) in [5, 5.41) is 2.82. The van der Waals surface area contributed by atoms with Gasteiger partial charge in [0, 0.05) is 6.54 Å². The van der Waals surface area contributed by atoms with Gasteiger partial charge in [-0.25, -0.2) is 0 Å². The van der Waals surface area contributed by atoms with Gasteiger partial charge in [0.25, 0.3) is 0 Å². The van der Waals surface area contributed by atoms with Crippen LogP contribution in [0.4, 0.5) is 0 Å². The maximum absolute atomic E-state index is 11.4. The van der Waals surface area contributed by atoms with Crippen LogP contribution < -0.4 is 5.32 Å². The minimum Gasteiger partial charge on any atom is -0.355 e. The van der Waals surface area contributed by atoms with Crippen LogP contribution in [0.5, 0.6) is 0 Å². The smallest absolute Gasteiger partial charge is 0.239 e. The second-order valence-electron chi connectivity index (χ2n) is 4.10. The molecule has 0 spiro atoms. The maximum Gasteiger partial charge on any atom is 0.239 e. The first-order valence-corrected chi connectivity index (χ1v) is 6.37. The molecule has 0 aromatic rings. The number of carbonyl (C=O) groups is 2. The fourth-order valence-electron chi connectivity index (χ4n) is 1.27. The molecule has 1 saturated heterocycles. The number of hydrogen-bond donors (Lipinski definition) is 1. The molecule has 4 nitrogen and oxygen atoms in total. The largest absolute Gasteiger partial charge is 0.355 e. The molecule has 86 valence electrons. The zero-order valence-electron chi connectivity index (χ0n) is 9.28. The van der Waals surface area contributed by atoms with Gasteiger partial charge in [0.2, 0.25) is 11.8 Å². The van der Waals surface area contributed by atoms with E-state index in [1.165, 1.54) is 0 Å². The standard InChI is InChI=1S/C10H18N2O2S/c1-8(2)3-4-11-9(13)5-12-7-15-6-10(12)14/h8H,3-7H2,1-2H3,(H,11,13). The third kappa shape index (κ3) is 4.55. The highest BCUT2D eigenvalue weighted by atomic mass is 32.2. The SMILES string of the molecule is CC(C)CCNC(=O)CN1CSCC1=O. The summed E-state index contributed by atoms with van der Waals surface area (Å²) in [5.74, 6) is 1.77. The van der Waals surface area contributed by atoms with Gasteiger partial charge in [-0.15, -0.1) is 11.8 Å². The summed E-state index contributed by atoms with van der Waals surface area (Å²) in [5.41, 5.74) is 0. The van der Waals surface area contributed by atoms with Gasteiger partial charge in [-0.1, -0.05) is 13.8 Å². The van der Waals surface area contributed by atoms with E-state index in [9.17, 15) is 9.59 Å². The normalized spacial score (nSPS) is 16.2. The van der Waals surface area contributed by atoms with E-state index in [0.29, 0.717) is 24.1 Å². The van der Waals surface area contributed by atoms with Crippen molar-refractivity contribution in [1.82, 2.24) is 10.2 Å². The second-order valence-corrected chi connectivity index (χ2v) is 5.06. The fraction of sp³-hybridized carbons (Fsp3) is 0.800. The van der Waals surface area contributed by atoms with Crippen LogP contribution in [0.2, 0.25) is 0 Å². The van der Waals surface area contributed by atoms with Crippen molar-refractivity contribution >= 4 is 23.6 Å². The summed E-state index contributed by atoms with van der Waals surface area (Å²) in [6, 6.07) is 0. The number of hydrogen-bond acceptors (Lipinski definition) is 3. The van der Waals surface area contributed by atoms with Crippen molar-refractivity contribution in [3.8, 4) is 0 Å². The molecule has 0 aliphatic carbocycles. The van der Waals surface area contributed by atoms with Crippen molar-refractivity contribution in [2.75, 3.05) is 24.7 Å². The molecule has 1 fully saturated rings. The fourth-order valence-corrected chi connectivity index (χ4v) is 2.17. The van der Waals surface area contributed by atoms with E-state index in [0.717, 1.165) is 6.42 Å². The minimum absolute atomic E-state index is 0.0495. The van der Waals surface area contributed by atoms with E-state index < -0.39 is 0 Å². The Bertz CT molecular complexity index is 244. The molecule has 0 aromatic heterocycles. The van der Waals surface area contributed by atoms with Crippen molar-refractivity contribution in [3.63, 3.8) is 0 Å². The predicted octanol–water partition coefficient (Wildman–Crippen LogP) is 0.682. The van der Waals surface area contributed by atoms with Gasteiger partial charge in [-0.05, 0) is 12.3 Å². The Kier molecular flexibility index (Phi) is 4.94. The van der Waals surface area contributed by atoms with Crippen molar-refractivity contribution in [3.05, 3.63) is 0 Å². The summed E-state index contributed by atoms with van der Waals surface area (Å²) in [6.45, 7) is 5.15. The third-order valence-electron chi connectivity index (χ3n) is 2.20. The Morgan fingerprint density at radius 1 is 1.60 bits per heavy atom. The van der Waals surface area contributed by atoms with E-state index in [1.54, 1.807) is 16.7 Å². The molecule has 5 heteroatoms. The zero-order valence-corrected chi connectivity index (χ0v) is 10.1. The first-order valence-electron chi connectivity index (χ1n) is 5.22. The second kappa shape index (κ2) is 6.00. The van der Waals surface area contributed by atoms with Gasteiger partial charge in [0.05, 0.1) is 11.6 Å². The summed E-state index contributed by atoms with van der Waals surface area (Å²) in [4.78, 5) is 24.2. The van der Waals surface area contributed by atoms with E-state index in [-0.39, 0.29) is 18.4 Å². The van der Waals surface area contributed by atoms with Crippen molar-refractivity contribution in [2.45, 2.75) is 20.3 Å². The molecule has 0 radical (unpaired) electrons. The third-order valence-corrected chi connectivity index (χ3v) is 3.15. The van der Waals surface area contributed by atoms with Crippen LogP contribution >= 0.6 is 11.8 Å². The monoisotopic (exact) mass is 230 g/mol. The lowest BCUT2D eigenvalue weighted by atomic mass is 10.1. The molecule has 1 N–H and O–H groups in total. The van der Waals surface area contributed by atoms with Crippen LogP contribution in [0.3, 0.4) is 0 Å². The van der Waals surface area contributed by atoms with Gasteiger partial charge in [0.15, 0.2) is 0 Å². The van der Waals surface area contributed by atoms with Gasteiger partial charge >= 0.3 is 0 Å². The molecule has 0 saturated carbocycles. The number of rotatable bonds is 5. The van der Waals surface area contributed by atoms with Crippen molar-refractivity contribution < 1.29 is 9.59 Å². The Labute approximate surface area is 94.8 Å². The highest BCUT2D eigenvalue weighted by Gasteiger charge is 2.22. The average molecular weight is 230 g/mol. The van der Waals surface area contributed by atoms with Crippen LogP contribution in [0.1, 0.15) is 20.3 Å². The molecule has 1 aliphatic rings. The van der Waals surface area contributed by atoms with E-state index in [1.807, 2.05) is 0 Å². The lowest BCUT2D eigenvalue weighted by Crippen LogP contribution is -2.38. The highest BCUT2D eigenvalue weighted by Crippen LogP contribution is 2.13.